The number of nitrogens with two attached hydrogens (primary N) is 1. The molecule has 0 aliphatic heterocycles. The van der Waals surface area contributed by atoms with Crippen molar-refractivity contribution in [2.75, 3.05) is 5.73 Å². The average Bonchev–Trinajstić information content (AvgIpc) is 2.77. The summed E-state index contributed by atoms with van der Waals surface area (Å²) in [5.74, 6) is 2.55. The summed E-state index contributed by atoms with van der Waals surface area (Å²) in [6.45, 7) is 4.00. The van der Waals surface area contributed by atoms with Crippen molar-refractivity contribution in [2.45, 2.75) is 30.6 Å². The third-order valence-electron chi connectivity index (χ3n) is 2.24. The second-order valence-corrected chi connectivity index (χ2v) is 5.32. The van der Waals surface area contributed by atoms with Gasteiger partial charge in [0.05, 0.1) is 18.1 Å². The molecule has 96 valence electrons. The SMILES string of the molecule is CC(C)Oc1cc(N)cc(SCc2ccco2)c1. The molecule has 2 aromatic rings. The Morgan fingerprint density at radius 2 is 2.17 bits per heavy atom. The molecule has 1 aromatic carbocycles. The third-order valence-corrected chi connectivity index (χ3v) is 3.23. The van der Waals surface area contributed by atoms with Crippen LogP contribution in [0.15, 0.2) is 45.9 Å². The van der Waals surface area contributed by atoms with E-state index in [0.29, 0.717) is 0 Å². The molecule has 18 heavy (non-hydrogen) atoms. The van der Waals surface area contributed by atoms with E-state index in [1.165, 1.54) is 0 Å². The van der Waals surface area contributed by atoms with Crippen molar-refractivity contribution >= 4 is 17.4 Å². The van der Waals surface area contributed by atoms with Gasteiger partial charge in [0.2, 0.25) is 0 Å². The van der Waals surface area contributed by atoms with Crippen LogP contribution in [-0.4, -0.2) is 6.10 Å². The van der Waals surface area contributed by atoms with Gasteiger partial charge in [0.1, 0.15) is 11.5 Å². The van der Waals surface area contributed by atoms with E-state index in [0.717, 1.165) is 27.8 Å². The predicted octanol–water partition coefficient (Wildman–Crippen LogP) is 3.94. The number of nitrogen functional groups attached to an aromatic ring is 1. The number of thioether (sulfide) groups is 1. The van der Waals surface area contributed by atoms with Crippen LogP contribution in [0.4, 0.5) is 5.69 Å². The first-order valence-electron chi connectivity index (χ1n) is 5.86. The smallest absolute Gasteiger partial charge is 0.122 e. The highest BCUT2D eigenvalue weighted by atomic mass is 32.2. The van der Waals surface area contributed by atoms with Crippen LogP contribution in [0.25, 0.3) is 0 Å². The zero-order valence-electron chi connectivity index (χ0n) is 10.6. The minimum absolute atomic E-state index is 0.148. The fourth-order valence-corrected chi connectivity index (χ4v) is 2.46. The maximum Gasteiger partial charge on any atom is 0.122 e. The molecule has 0 saturated heterocycles. The molecule has 4 heteroatoms. The van der Waals surface area contributed by atoms with Crippen LogP contribution in [0.5, 0.6) is 5.75 Å². The molecule has 1 aromatic heterocycles. The van der Waals surface area contributed by atoms with Gasteiger partial charge in [-0.25, -0.2) is 0 Å². The number of hydrogen-bond donors (Lipinski definition) is 1. The number of rotatable bonds is 5. The summed E-state index contributed by atoms with van der Waals surface area (Å²) in [6, 6.07) is 9.65. The summed E-state index contributed by atoms with van der Waals surface area (Å²) in [5, 5.41) is 0. The molecule has 0 radical (unpaired) electrons. The minimum atomic E-state index is 0.148. The van der Waals surface area contributed by atoms with Gasteiger partial charge in [-0.3, -0.25) is 0 Å². The molecule has 3 nitrogen and oxygen atoms in total. The van der Waals surface area contributed by atoms with Crippen molar-refractivity contribution in [2.24, 2.45) is 0 Å². The van der Waals surface area contributed by atoms with Gasteiger partial charge >= 0.3 is 0 Å². The van der Waals surface area contributed by atoms with Crippen LogP contribution in [0.2, 0.25) is 0 Å². The summed E-state index contributed by atoms with van der Waals surface area (Å²) in [5.41, 5.74) is 6.59. The van der Waals surface area contributed by atoms with Crippen molar-refractivity contribution in [3.05, 3.63) is 42.4 Å². The first-order valence-corrected chi connectivity index (χ1v) is 6.84. The lowest BCUT2D eigenvalue weighted by Crippen LogP contribution is -2.05. The number of furan rings is 1. The van der Waals surface area contributed by atoms with Gasteiger partial charge in [-0.05, 0) is 38.1 Å². The Labute approximate surface area is 111 Å². The maximum atomic E-state index is 5.87. The minimum Gasteiger partial charge on any atom is -0.491 e. The molecule has 0 fully saturated rings. The Kier molecular flexibility index (Phi) is 4.20. The molecule has 0 aliphatic rings. The Morgan fingerprint density at radius 1 is 1.33 bits per heavy atom. The Balaban J connectivity index is 2.05. The molecule has 0 aliphatic carbocycles. The molecular formula is C14H17NO2S. The summed E-state index contributed by atoms with van der Waals surface area (Å²) in [4.78, 5) is 1.09. The van der Waals surface area contributed by atoms with Crippen molar-refractivity contribution in [1.29, 1.82) is 0 Å². The second kappa shape index (κ2) is 5.87. The van der Waals surface area contributed by atoms with E-state index >= 15 is 0 Å². The monoisotopic (exact) mass is 263 g/mol. The molecule has 0 bridgehead atoms. The zero-order chi connectivity index (χ0) is 13.0. The number of benzene rings is 1. The molecule has 0 amide bonds. The predicted molar refractivity (Wildman–Crippen MR) is 74.9 cm³/mol. The lowest BCUT2D eigenvalue weighted by Gasteiger charge is -2.11. The van der Waals surface area contributed by atoms with Gasteiger partial charge in [-0.1, -0.05) is 0 Å². The van der Waals surface area contributed by atoms with Crippen LogP contribution in [-0.2, 0) is 5.75 Å². The Hall–Kier alpha value is -1.55. The van der Waals surface area contributed by atoms with E-state index in [1.807, 2.05) is 44.2 Å². The first kappa shape index (κ1) is 12.9. The summed E-state index contributed by atoms with van der Waals surface area (Å²) in [6.07, 6.45) is 1.83. The van der Waals surface area contributed by atoms with Crippen LogP contribution in [0.1, 0.15) is 19.6 Å². The van der Waals surface area contributed by atoms with Crippen LogP contribution >= 0.6 is 11.8 Å². The number of anilines is 1. The summed E-state index contributed by atoms with van der Waals surface area (Å²) in [7, 11) is 0. The zero-order valence-corrected chi connectivity index (χ0v) is 11.4. The Bertz CT molecular complexity index is 495. The second-order valence-electron chi connectivity index (χ2n) is 4.27. The topological polar surface area (TPSA) is 48.4 Å². The standard InChI is InChI=1S/C14H17NO2S/c1-10(2)17-13-6-11(15)7-14(8-13)18-9-12-4-3-5-16-12/h3-8,10H,9,15H2,1-2H3. The fourth-order valence-electron chi connectivity index (χ4n) is 1.57. The number of ether oxygens (including phenoxy) is 1. The van der Waals surface area contributed by atoms with Crippen molar-refractivity contribution < 1.29 is 9.15 Å². The molecular weight excluding hydrogens is 246 g/mol. The molecule has 2 N–H and O–H groups in total. The van der Waals surface area contributed by atoms with Crippen LogP contribution < -0.4 is 10.5 Å². The van der Waals surface area contributed by atoms with E-state index in [9.17, 15) is 0 Å². The van der Waals surface area contributed by atoms with Gasteiger partial charge in [-0.2, -0.15) is 0 Å². The Morgan fingerprint density at radius 3 is 2.83 bits per heavy atom. The highest BCUT2D eigenvalue weighted by molar-refractivity contribution is 7.98. The third kappa shape index (κ3) is 3.74. The quantitative estimate of drug-likeness (QED) is 0.655. The van der Waals surface area contributed by atoms with E-state index < -0.39 is 0 Å². The van der Waals surface area contributed by atoms with Crippen molar-refractivity contribution in [3.63, 3.8) is 0 Å². The van der Waals surface area contributed by atoms with Gasteiger partial charge in [-0.15, -0.1) is 11.8 Å². The van der Waals surface area contributed by atoms with Gasteiger partial charge < -0.3 is 14.9 Å². The molecule has 2 rings (SSSR count). The van der Waals surface area contributed by atoms with Gasteiger partial charge in [0.15, 0.2) is 0 Å². The molecule has 0 spiro atoms. The molecule has 0 saturated carbocycles. The van der Waals surface area contributed by atoms with Crippen LogP contribution in [0.3, 0.4) is 0 Å². The highest BCUT2D eigenvalue weighted by Crippen LogP contribution is 2.29. The summed E-state index contributed by atoms with van der Waals surface area (Å²) < 4.78 is 11.0. The molecule has 1 heterocycles. The highest BCUT2D eigenvalue weighted by Gasteiger charge is 2.04. The van der Waals surface area contributed by atoms with Crippen molar-refractivity contribution in [3.8, 4) is 5.75 Å². The van der Waals surface area contributed by atoms with E-state index in [4.69, 9.17) is 14.9 Å². The lowest BCUT2D eigenvalue weighted by molar-refractivity contribution is 0.242. The molecule has 0 unspecified atom stereocenters. The van der Waals surface area contributed by atoms with Crippen LogP contribution in [0, 0.1) is 0 Å². The van der Waals surface area contributed by atoms with Gasteiger partial charge in [0.25, 0.3) is 0 Å². The summed E-state index contributed by atoms with van der Waals surface area (Å²) >= 11 is 1.68. The average molecular weight is 263 g/mol. The lowest BCUT2D eigenvalue weighted by atomic mass is 10.3. The van der Waals surface area contributed by atoms with E-state index in [2.05, 4.69) is 0 Å². The van der Waals surface area contributed by atoms with Crippen molar-refractivity contribution in [1.82, 2.24) is 0 Å². The number of hydrogen-bond acceptors (Lipinski definition) is 4. The molecule has 0 atom stereocenters. The fraction of sp³-hybridized carbons (Fsp3) is 0.286. The van der Waals surface area contributed by atoms with E-state index in [-0.39, 0.29) is 6.10 Å². The largest absolute Gasteiger partial charge is 0.491 e. The normalized spacial score (nSPS) is 10.8. The first-order chi connectivity index (χ1) is 8.63. The van der Waals surface area contributed by atoms with E-state index in [1.54, 1.807) is 18.0 Å². The maximum absolute atomic E-state index is 5.87. The van der Waals surface area contributed by atoms with Gasteiger partial charge in [0, 0.05) is 16.6 Å².